The van der Waals surface area contributed by atoms with Crippen LogP contribution in [0.2, 0.25) is 0 Å². The molecule has 0 aromatic heterocycles. The second-order valence-electron chi connectivity index (χ2n) is 5.73. The maximum absolute atomic E-state index is 11.6. The van der Waals surface area contributed by atoms with E-state index >= 15 is 0 Å². The molecule has 2 aromatic rings. The molecule has 0 aliphatic heterocycles. The number of hydrogen-bond acceptors (Lipinski definition) is 3. The Kier molecular flexibility index (Phi) is 4.94. The minimum absolute atomic E-state index is 0.549. The van der Waals surface area contributed by atoms with Gasteiger partial charge in [0.05, 0.1) is 0 Å². The van der Waals surface area contributed by atoms with Crippen LogP contribution >= 0.6 is 0 Å². The summed E-state index contributed by atoms with van der Waals surface area (Å²) < 4.78 is 10.8. The normalized spacial score (nSPS) is 11.4. The van der Waals surface area contributed by atoms with E-state index in [1.165, 1.54) is 6.21 Å². The average Bonchev–Trinajstić information content (AvgIpc) is 2.45. The monoisotopic (exact) mass is 297 g/mol. The van der Waals surface area contributed by atoms with E-state index in [0.29, 0.717) is 5.75 Å². The number of para-hydroxylation sites is 1. The molecule has 0 saturated carbocycles. The summed E-state index contributed by atoms with van der Waals surface area (Å²) in [7, 11) is 0. The predicted molar refractivity (Wildman–Crippen MR) is 86.8 cm³/mol. The molecule has 0 bridgehead atoms. The van der Waals surface area contributed by atoms with Crippen LogP contribution in [0.5, 0.6) is 11.5 Å². The van der Waals surface area contributed by atoms with E-state index in [2.05, 4.69) is 4.99 Å². The molecule has 1 amide bonds. The first-order valence-electron chi connectivity index (χ1n) is 7.02. The Labute approximate surface area is 130 Å². The molecule has 4 heteroatoms. The third kappa shape index (κ3) is 5.40. The first-order chi connectivity index (χ1) is 10.4. The van der Waals surface area contributed by atoms with E-state index in [4.69, 9.17) is 9.47 Å². The largest absolute Gasteiger partial charge is 0.457 e. The maximum atomic E-state index is 11.6. The van der Waals surface area contributed by atoms with Crippen LogP contribution in [0.25, 0.3) is 0 Å². The van der Waals surface area contributed by atoms with Crippen LogP contribution in [0.3, 0.4) is 0 Å². The molecular weight excluding hydrogens is 278 g/mol. The van der Waals surface area contributed by atoms with Gasteiger partial charge in [-0.25, -0.2) is 4.79 Å². The van der Waals surface area contributed by atoms with E-state index < -0.39 is 11.7 Å². The minimum Gasteiger partial charge on any atom is -0.457 e. The number of carbonyl (C=O) groups is 1. The lowest BCUT2D eigenvalue weighted by Gasteiger charge is -2.17. The summed E-state index contributed by atoms with van der Waals surface area (Å²) >= 11 is 0. The number of hydrogen-bond donors (Lipinski definition) is 0. The SMILES string of the molecule is CC(C)(C)OC(=O)/N=C/c1cccc(Oc2ccccc2)c1. The second kappa shape index (κ2) is 6.89. The molecule has 0 unspecified atom stereocenters. The fraction of sp³-hybridized carbons (Fsp3) is 0.222. The van der Waals surface area contributed by atoms with E-state index in [1.54, 1.807) is 26.8 Å². The Hall–Kier alpha value is -2.62. The summed E-state index contributed by atoms with van der Waals surface area (Å²) in [5.41, 5.74) is 0.214. The van der Waals surface area contributed by atoms with E-state index in [1.807, 2.05) is 48.5 Å². The lowest BCUT2D eigenvalue weighted by molar-refractivity contribution is 0.0605. The molecule has 2 aromatic carbocycles. The molecule has 0 radical (unpaired) electrons. The number of carbonyl (C=O) groups excluding carboxylic acids is 1. The van der Waals surface area contributed by atoms with Crippen molar-refractivity contribution in [3.05, 3.63) is 60.2 Å². The number of ether oxygens (including phenoxy) is 2. The van der Waals surface area contributed by atoms with Gasteiger partial charge in [-0.1, -0.05) is 30.3 Å². The molecule has 0 fully saturated rings. The topological polar surface area (TPSA) is 47.9 Å². The molecular formula is C18H19NO3. The molecule has 0 aliphatic carbocycles. The Bertz CT molecular complexity index is 658. The highest BCUT2D eigenvalue weighted by Crippen LogP contribution is 2.21. The summed E-state index contributed by atoms with van der Waals surface area (Å²) in [6.45, 7) is 5.40. The zero-order valence-corrected chi connectivity index (χ0v) is 12.9. The Morgan fingerprint density at radius 2 is 1.68 bits per heavy atom. The van der Waals surface area contributed by atoms with Gasteiger partial charge in [0.25, 0.3) is 0 Å². The van der Waals surface area contributed by atoms with Gasteiger partial charge in [0.2, 0.25) is 0 Å². The molecule has 22 heavy (non-hydrogen) atoms. The van der Waals surface area contributed by atoms with E-state index in [-0.39, 0.29) is 0 Å². The predicted octanol–water partition coefficient (Wildman–Crippen LogP) is 4.83. The van der Waals surface area contributed by atoms with Gasteiger partial charge in [-0.05, 0) is 50.6 Å². The summed E-state index contributed by atoms with van der Waals surface area (Å²) in [4.78, 5) is 15.3. The quantitative estimate of drug-likeness (QED) is 0.762. The van der Waals surface area contributed by atoms with E-state index in [0.717, 1.165) is 11.3 Å². The standard InChI is InChI=1S/C18H19NO3/c1-18(2,3)22-17(20)19-13-14-8-7-11-16(12-14)21-15-9-5-4-6-10-15/h4-13H,1-3H3/b19-13+. The molecule has 2 rings (SSSR count). The number of nitrogens with zero attached hydrogens (tertiary/aromatic N) is 1. The first-order valence-corrected chi connectivity index (χ1v) is 7.02. The lowest BCUT2D eigenvalue weighted by Crippen LogP contribution is -2.21. The molecule has 0 saturated heterocycles. The molecule has 0 N–H and O–H groups in total. The molecule has 0 heterocycles. The lowest BCUT2D eigenvalue weighted by atomic mass is 10.2. The fourth-order valence-corrected chi connectivity index (χ4v) is 1.70. The number of rotatable bonds is 3. The summed E-state index contributed by atoms with van der Waals surface area (Å²) in [5.74, 6) is 1.43. The second-order valence-corrected chi connectivity index (χ2v) is 5.73. The zero-order chi connectivity index (χ0) is 16.0. The van der Waals surface area contributed by atoms with Crippen molar-refractivity contribution in [2.24, 2.45) is 4.99 Å². The van der Waals surface area contributed by atoms with Gasteiger partial charge in [-0.2, -0.15) is 4.99 Å². The van der Waals surface area contributed by atoms with Crippen molar-refractivity contribution in [3.63, 3.8) is 0 Å². The minimum atomic E-state index is -0.609. The average molecular weight is 297 g/mol. The molecule has 0 spiro atoms. The van der Waals surface area contributed by atoms with Crippen molar-refractivity contribution in [2.45, 2.75) is 26.4 Å². The van der Waals surface area contributed by atoms with Gasteiger partial charge >= 0.3 is 6.09 Å². The smallest absolute Gasteiger partial charge is 0.434 e. The van der Waals surface area contributed by atoms with Crippen LogP contribution in [0.4, 0.5) is 4.79 Å². The summed E-state index contributed by atoms with van der Waals surface area (Å²) in [6.07, 6.45) is 0.855. The summed E-state index contributed by atoms with van der Waals surface area (Å²) in [6, 6.07) is 16.8. The van der Waals surface area contributed by atoms with Crippen molar-refractivity contribution in [1.29, 1.82) is 0 Å². The van der Waals surface area contributed by atoms with Crippen LogP contribution in [0, 0.1) is 0 Å². The molecule has 114 valence electrons. The highest BCUT2D eigenvalue weighted by molar-refractivity contribution is 5.89. The van der Waals surface area contributed by atoms with Crippen LogP contribution in [0.1, 0.15) is 26.3 Å². The Balaban J connectivity index is 2.04. The van der Waals surface area contributed by atoms with Crippen LogP contribution < -0.4 is 4.74 Å². The van der Waals surface area contributed by atoms with Crippen molar-refractivity contribution in [2.75, 3.05) is 0 Å². The van der Waals surface area contributed by atoms with Crippen LogP contribution in [0.15, 0.2) is 59.6 Å². The summed E-state index contributed by atoms with van der Waals surface area (Å²) in [5, 5.41) is 0. The van der Waals surface area contributed by atoms with Crippen LogP contribution in [-0.2, 0) is 4.74 Å². The van der Waals surface area contributed by atoms with Gasteiger partial charge in [0.1, 0.15) is 17.1 Å². The van der Waals surface area contributed by atoms with Gasteiger partial charge in [0.15, 0.2) is 0 Å². The number of aliphatic imine (C=N–C) groups is 1. The zero-order valence-electron chi connectivity index (χ0n) is 12.9. The van der Waals surface area contributed by atoms with Gasteiger partial charge in [0, 0.05) is 6.21 Å². The van der Waals surface area contributed by atoms with Crippen LogP contribution in [-0.4, -0.2) is 17.9 Å². The highest BCUT2D eigenvalue weighted by Gasteiger charge is 2.14. The third-order valence-corrected chi connectivity index (χ3v) is 2.55. The molecule has 0 aliphatic rings. The van der Waals surface area contributed by atoms with Crippen molar-refractivity contribution >= 4 is 12.3 Å². The maximum Gasteiger partial charge on any atom is 0.434 e. The Morgan fingerprint density at radius 3 is 2.36 bits per heavy atom. The molecule has 4 nitrogen and oxygen atoms in total. The van der Waals surface area contributed by atoms with Crippen molar-refractivity contribution in [1.82, 2.24) is 0 Å². The number of amides is 1. The van der Waals surface area contributed by atoms with Gasteiger partial charge in [-0.15, -0.1) is 0 Å². The van der Waals surface area contributed by atoms with Gasteiger partial charge in [-0.3, -0.25) is 0 Å². The first kappa shape index (κ1) is 15.8. The Morgan fingerprint density at radius 1 is 1.00 bits per heavy atom. The molecule has 0 atom stereocenters. The van der Waals surface area contributed by atoms with Gasteiger partial charge < -0.3 is 9.47 Å². The van der Waals surface area contributed by atoms with Crippen molar-refractivity contribution < 1.29 is 14.3 Å². The number of benzene rings is 2. The fourth-order valence-electron chi connectivity index (χ4n) is 1.70. The third-order valence-electron chi connectivity index (χ3n) is 2.55. The van der Waals surface area contributed by atoms with Crippen molar-refractivity contribution in [3.8, 4) is 11.5 Å². The highest BCUT2D eigenvalue weighted by atomic mass is 16.6. The van der Waals surface area contributed by atoms with E-state index in [9.17, 15) is 4.79 Å².